The predicted octanol–water partition coefficient (Wildman–Crippen LogP) is 4.39. The molecule has 2 heterocycles. The van der Waals surface area contributed by atoms with E-state index in [1.165, 1.54) is 11.3 Å². The van der Waals surface area contributed by atoms with Crippen LogP contribution >= 0.6 is 11.3 Å². The summed E-state index contributed by atoms with van der Waals surface area (Å²) < 4.78 is 27.3. The van der Waals surface area contributed by atoms with Gasteiger partial charge in [-0.3, -0.25) is 9.82 Å². The van der Waals surface area contributed by atoms with Gasteiger partial charge in [-0.2, -0.15) is 5.10 Å². The van der Waals surface area contributed by atoms with Crippen molar-refractivity contribution >= 4 is 38.0 Å². The SMILES string of the molecule is Cc1n[nH]c(Nc2ccc(S(=O)(=O)Nc3nccs3)cc2)c1-c1ccccc1. The molecule has 0 saturated carbocycles. The molecule has 0 radical (unpaired) electrons. The van der Waals surface area contributed by atoms with Crippen LogP contribution in [0.15, 0.2) is 71.1 Å². The summed E-state index contributed by atoms with van der Waals surface area (Å²) in [7, 11) is -3.67. The normalized spacial score (nSPS) is 11.3. The Balaban J connectivity index is 1.56. The van der Waals surface area contributed by atoms with E-state index < -0.39 is 10.0 Å². The summed E-state index contributed by atoms with van der Waals surface area (Å²) >= 11 is 1.23. The summed E-state index contributed by atoms with van der Waals surface area (Å²) in [6.07, 6.45) is 1.55. The predicted molar refractivity (Wildman–Crippen MR) is 111 cm³/mol. The van der Waals surface area contributed by atoms with E-state index in [1.807, 2.05) is 37.3 Å². The molecule has 0 bridgehead atoms. The lowest BCUT2D eigenvalue weighted by Gasteiger charge is -2.09. The Kier molecular flexibility index (Phi) is 4.84. The van der Waals surface area contributed by atoms with Gasteiger partial charge in [0, 0.05) is 22.8 Å². The summed E-state index contributed by atoms with van der Waals surface area (Å²) in [5, 5.41) is 12.6. The van der Waals surface area contributed by atoms with Crippen LogP contribution in [0.3, 0.4) is 0 Å². The van der Waals surface area contributed by atoms with Crippen molar-refractivity contribution in [2.75, 3.05) is 10.0 Å². The fourth-order valence-corrected chi connectivity index (χ4v) is 4.58. The minimum Gasteiger partial charge on any atom is -0.340 e. The van der Waals surface area contributed by atoms with Crippen molar-refractivity contribution < 1.29 is 8.42 Å². The van der Waals surface area contributed by atoms with Gasteiger partial charge >= 0.3 is 0 Å². The Morgan fingerprint density at radius 2 is 1.79 bits per heavy atom. The molecule has 2 aromatic carbocycles. The minimum atomic E-state index is -3.67. The number of rotatable bonds is 6. The third-order valence-electron chi connectivity index (χ3n) is 4.10. The number of nitrogens with zero attached hydrogens (tertiary/aromatic N) is 2. The lowest BCUT2D eigenvalue weighted by molar-refractivity contribution is 0.601. The van der Waals surface area contributed by atoms with Gasteiger partial charge in [0.05, 0.1) is 10.6 Å². The number of hydrogen-bond acceptors (Lipinski definition) is 6. The number of benzene rings is 2. The second kappa shape index (κ2) is 7.45. The lowest BCUT2D eigenvalue weighted by Crippen LogP contribution is -2.12. The molecule has 7 nitrogen and oxygen atoms in total. The van der Waals surface area contributed by atoms with Gasteiger partial charge in [-0.25, -0.2) is 13.4 Å². The molecule has 0 aliphatic rings. The number of aryl methyl sites for hydroxylation is 1. The fraction of sp³-hybridized carbons (Fsp3) is 0.0526. The highest BCUT2D eigenvalue weighted by Gasteiger charge is 2.16. The van der Waals surface area contributed by atoms with Gasteiger partial charge in [0.25, 0.3) is 10.0 Å². The first-order chi connectivity index (χ1) is 13.5. The maximum absolute atomic E-state index is 12.4. The number of hydrogen-bond donors (Lipinski definition) is 3. The average molecular weight is 412 g/mol. The second-order valence-electron chi connectivity index (χ2n) is 6.02. The smallest absolute Gasteiger partial charge is 0.263 e. The van der Waals surface area contributed by atoms with E-state index in [4.69, 9.17) is 0 Å². The highest BCUT2D eigenvalue weighted by Crippen LogP contribution is 2.31. The van der Waals surface area contributed by atoms with Crippen molar-refractivity contribution in [3.05, 3.63) is 71.9 Å². The minimum absolute atomic E-state index is 0.164. The molecule has 0 unspecified atom stereocenters. The topological polar surface area (TPSA) is 99.8 Å². The Morgan fingerprint density at radius 3 is 2.46 bits per heavy atom. The van der Waals surface area contributed by atoms with Gasteiger partial charge < -0.3 is 5.32 Å². The molecule has 2 aromatic heterocycles. The van der Waals surface area contributed by atoms with Gasteiger partial charge in [0.15, 0.2) is 5.13 Å². The molecular weight excluding hydrogens is 394 g/mol. The van der Waals surface area contributed by atoms with Crippen molar-refractivity contribution in [1.82, 2.24) is 15.2 Å². The molecule has 28 heavy (non-hydrogen) atoms. The molecule has 142 valence electrons. The first kappa shape index (κ1) is 18.2. The summed E-state index contributed by atoms with van der Waals surface area (Å²) in [4.78, 5) is 4.11. The Labute approximate surface area is 166 Å². The Bertz CT molecular complexity index is 1170. The first-order valence-electron chi connectivity index (χ1n) is 8.43. The average Bonchev–Trinajstić information content (AvgIpc) is 3.32. The second-order valence-corrected chi connectivity index (χ2v) is 8.59. The Hall–Kier alpha value is -3.17. The van der Waals surface area contributed by atoms with Crippen molar-refractivity contribution in [2.24, 2.45) is 0 Å². The highest BCUT2D eigenvalue weighted by atomic mass is 32.2. The molecule has 4 rings (SSSR count). The van der Waals surface area contributed by atoms with Gasteiger partial charge in [0.1, 0.15) is 5.82 Å². The molecule has 0 saturated heterocycles. The molecule has 0 atom stereocenters. The number of aromatic nitrogens is 3. The molecule has 0 fully saturated rings. The number of H-pyrrole nitrogens is 1. The number of thiazole rings is 1. The largest absolute Gasteiger partial charge is 0.340 e. The van der Waals surface area contributed by atoms with Gasteiger partial charge in [0.2, 0.25) is 0 Å². The van der Waals surface area contributed by atoms with Gasteiger partial charge in [-0.1, -0.05) is 30.3 Å². The zero-order chi connectivity index (χ0) is 19.6. The van der Waals surface area contributed by atoms with E-state index in [9.17, 15) is 8.42 Å². The van der Waals surface area contributed by atoms with Crippen LogP contribution in [0, 0.1) is 6.92 Å². The molecule has 4 aromatic rings. The number of aromatic amines is 1. The highest BCUT2D eigenvalue weighted by molar-refractivity contribution is 7.93. The molecule has 0 aliphatic carbocycles. The maximum Gasteiger partial charge on any atom is 0.263 e. The third-order valence-corrected chi connectivity index (χ3v) is 6.27. The van der Waals surface area contributed by atoms with Crippen LogP contribution in [0.5, 0.6) is 0 Å². The molecule has 0 aliphatic heterocycles. The lowest BCUT2D eigenvalue weighted by atomic mass is 10.1. The van der Waals surface area contributed by atoms with E-state index in [2.05, 4.69) is 25.2 Å². The van der Waals surface area contributed by atoms with Crippen LogP contribution in [0.4, 0.5) is 16.6 Å². The summed E-state index contributed by atoms with van der Waals surface area (Å²) in [5.41, 5.74) is 3.64. The molecule has 3 N–H and O–H groups in total. The van der Waals surface area contributed by atoms with E-state index in [0.717, 1.165) is 28.3 Å². The van der Waals surface area contributed by atoms with Crippen LogP contribution in [0.25, 0.3) is 11.1 Å². The molecule has 0 amide bonds. The fourth-order valence-electron chi connectivity index (χ4n) is 2.79. The third kappa shape index (κ3) is 3.75. The summed E-state index contributed by atoms with van der Waals surface area (Å²) in [6.45, 7) is 1.93. The van der Waals surface area contributed by atoms with E-state index in [1.54, 1.807) is 35.8 Å². The van der Waals surface area contributed by atoms with E-state index in [-0.39, 0.29) is 4.90 Å². The van der Waals surface area contributed by atoms with Crippen LogP contribution in [0.1, 0.15) is 5.69 Å². The van der Waals surface area contributed by atoms with Crippen LogP contribution < -0.4 is 10.0 Å². The zero-order valence-electron chi connectivity index (χ0n) is 14.9. The van der Waals surface area contributed by atoms with Crippen molar-refractivity contribution in [2.45, 2.75) is 11.8 Å². The molecule has 9 heteroatoms. The molecule has 0 spiro atoms. The van der Waals surface area contributed by atoms with Gasteiger partial charge in [-0.05, 0) is 36.8 Å². The quantitative estimate of drug-likeness (QED) is 0.437. The summed E-state index contributed by atoms with van der Waals surface area (Å²) in [5.74, 6) is 0.750. The maximum atomic E-state index is 12.4. The van der Waals surface area contributed by atoms with Crippen LogP contribution in [-0.2, 0) is 10.0 Å². The van der Waals surface area contributed by atoms with E-state index in [0.29, 0.717) is 5.13 Å². The van der Waals surface area contributed by atoms with Crippen molar-refractivity contribution in [3.8, 4) is 11.1 Å². The van der Waals surface area contributed by atoms with Crippen molar-refractivity contribution in [1.29, 1.82) is 0 Å². The first-order valence-corrected chi connectivity index (χ1v) is 10.8. The standard InChI is InChI=1S/C19H17N5O2S2/c1-13-17(14-5-3-2-4-6-14)18(23-22-13)21-15-7-9-16(10-8-15)28(25,26)24-19-20-11-12-27-19/h2-12H,1H3,(H,20,24)(H2,21,22,23). The van der Waals surface area contributed by atoms with Crippen molar-refractivity contribution in [3.63, 3.8) is 0 Å². The summed E-state index contributed by atoms with van der Waals surface area (Å²) in [6, 6.07) is 16.5. The van der Waals surface area contributed by atoms with Crippen LogP contribution in [0.2, 0.25) is 0 Å². The number of nitrogens with one attached hydrogen (secondary N) is 3. The number of sulfonamides is 1. The molecular formula is C19H17N5O2S2. The van der Waals surface area contributed by atoms with Gasteiger partial charge in [-0.15, -0.1) is 11.3 Å². The zero-order valence-corrected chi connectivity index (χ0v) is 16.5. The van der Waals surface area contributed by atoms with E-state index >= 15 is 0 Å². The number of anilines is 3. The monoisotopic (exact) mass is 411 g/mol. The Morgan fingerprint density at radius 1 is 1.04 bits per heavy atom. The van der Waals surface area contributed by atoms with Crippen LogP contribution in [-0.4, -0.2) is 23.6 Å².